The summed E-state index contributed by atoms with van der Waals surface area (Å²) >= 11 is 0. The molecular formula is C9H8F3N3O2. The lowest BCUT2D eigenvalue weighted by atomic mass is 10.2. The van der Waals surface area contributed by atoms with Crippen molar-refractivity contribution in [2.75, 3.05) is 5.32 Å². The van der Waals surface area contributed by atoms with Crippen LogP contribution in [0.3, 0.4) is 0 Å². The van der Waals surface area contributed by atoms with E-state index >= 15 is 0 Å². The number of halogens is 3. The highest BCUT2D eigenvalue weighted by molar-refractivity contribution is 6.04. The smallest absolute Gasteiger partial charge is 0.232 e. The molecule has 1 amide bonds. The SMILES string of the molecule is NC(CC(=O)Nc1cc(F)cc(F)c1F)=NO. The van der Waals surface area contributed by atoms with Crippen LogP contribution >= 0.6 is 0 Å². The second-order valence-electron chi connectivity index (χ2n) is 3.07. The van der Waals surface area contributed by atoms with Crippen molar-refractivity contribution in [3.63, 3.8) is 0 Å². The third-order valence-corrected chi connectivity index (χ3v) is 1.74. The van der Waals surface area contributed by atoms with E-state index in [0.29, 0.717) is 12.1 Å². The van der Waals surface area contributed by atoms with E-state index in [0.717, 1.165) is 0 Å². The largest absolute Gasteiger partial charge is 0.409 e. The molecule has 17 heavy (non-hydrogen) atoms. The Kier molecular flexibility index (Phi) is 3.91. The van der Waals surface area contributed by atoms with Gasteiger partial charge in [0.05, 0.1) is 12.1 Å². The zero-order valence-corrected chi connectivity index (χ0v) is 8.38. The number of benzene rings is 1. The van der Waals surface area contributed by atoms with Crippen molar-refractivity contribution in [2.24, 2.45) is 10.9 Å². The third-order valence-electron chi connectivity index (χ3n) is 1.74. The van der Waals surface area contributed by atoms with Gasteiger partial charge in [-0.25, -0.2) is 13.2 Å². The molecule has 1 aromatic rings. The highest BCUT2D eigenvalue weighted by Crippen LogP contribution is 2.19. The Morgan fingerprint density at radius 1 is 1.41 bits per heavy atom. The molecule has 0 bridgehead atoms. The number of carbonyl (C=O) groups excluding carboxylic acids is 1. The van der Waals surface area contributed by atoms with Crippen LogP contribution in [0.2, 0.25) is 0 Å². The standard InChI is InChI=1S/C9H8F3N3O2/c10-4-1-5(11)9(12)6(2-4)14-8(16)3-7(13)15-17/h1-2,17H,3H2,(H2,13,15)(H,14,16). The van der Waals surface area contributed by atoms with Crippen molar-refractivity contribution in [3.05, 3.63) is 29.6 Å². The van der Waals surface area contributed by atoms with Gasteiger partial charge >= 0.3 is 0 Å². The van der Waals surface area contributed by atoms with E-state index in [-0.39, 0.29) is 0 Å². The molecule has 5 nitrogen and oxygen atoms in total. The lowest BCUT2D eigenvalue weighted by Gasteiger charge is -2.06. The summed E-state index contributed by atoms with van der Waals surface area (Å²) in [6.45, 7) is 0. The fourth-order valence-electron chi connectivity index (χ4n) is 1.04. The highest BCUT2D eigenvalue weighted by Gasteiger charge is 2.14. The number of anilines is 1. The predicted octanol–water partition coefficient (Wildman–Crippen LogP) is 1.18. The number of nitrogens with two attached hydrogens (primary N) is 1. The first-order valence-electron chi connectivity index (χ1n) is 4.35. The monoisotopic (exact) mass is 247 g/mol. The number of hydrogen-bond donors (Lipinski definition) is 3. The normalized spacial score (nSPS) is 11.4. The number of amidine groups is 1. The van der Waals surface area contributed by atoms with E-state index in [1.165, 1.54) is 0 Å². The van der Waals surface area contributed by atoms with Gasteiger partial charge in [0.1, 0.15) is 11.7 Å². The van der Waals surface area contributed by atoms with Crippen molar-refractivity contribution in [1.29, 1.82) is 0 Å². The summed E-state index contributed by atoms with van der Waals surface area (Å²) in [4.78, 5) is 11.2. The molecule has 0 spiro atoms. The van der Waals surface area contributed by atoms with Gasteiger partial charge in [-0.2, -0.15) is 0 Å². The second kappa shape index (κ2) is 5.19. The average Bonchev–Trinajstić information content (AvgIpc) is 2.24. The van der Waals surface area contributed by atoms with E-state index in [1.54, 1.807) is 0 Å². The van der Waals surface area contributed by atoms with Gasteiger partial charge in [-0.1, -0.05) is 5.16 Å². The van der Waals surface area contributed by atoms with Gasteiger partial charge in [0, 0.05) is 12.1 Å². The molecule has 0 aliphatic heterocycles. The molecule has 1 aromatic carbocycles. The van der Waals surface area contributed by atoms with Crippen molar-refractivity contribution in [1.82, 2.24) is 0 Å². The molecule has 0 saturated heterocycles. The van der Waals surface area contributed by atoms with Crippen molar-refractivity contribution < 1.29 is 23.2 Å². The third kappa shape index (κ3) is 3.37. The van der Waals surface area contributed by atoms with Gasteiger partial charge in [0.2, 0.25) is 5.91 Å². The Morgan fingerprint density at radius 2 is 2.06 bits per heavy atom. The van der Waals surface area contributed by atoms with Crippen LogP contribution in [-0.2, 0) is 4.79 Å². The molecular weight excluding hydrogens is 239 g/mol. The number of amides is 1. The first-order chi connectivity index (χ1) is 7.93. The van der Waals surface area contributed by atoms with Gasteiger partial charge in [0.15, 0.2) is 11.6 Å². The van der Waals surface area contributed by atoms with Crippen LogP contribution in [0.1, 0.15) is 6.42 Å². The van der Waals surface area contributed by atoms with Gasteiger partial charge in [-0.15, -0.1) is 0 Å². The minimum atomic E-state index is -1.43. The average molecular weight is 247 g/mol. The lowest BCUT2D eigenvalue weighted by molar-refractivity contribution is -0.115. The topological polar surface area (TPSA) is 87.7 Å². The Bertz CT molecular complexity index is 477. The fraction of sp³-hybridized carbons (Fsp3) is 0.111. The van der Waals surface area contributed by atoms with Crippen LogP contribution in [0.5, 0.6) is 0 Å². The molecule has 0 aromatic heterocycles. The van der Waals surface area contributed by atoms with Gasteiger partial charge in [0.25, 0.3) is 0 Å². The van der Waals surface area contributed by atoms with Gasteiger partial charge in [-0.3, -0.25) is 4.79 Å². The lowest BCUT2D eigenvalue weighted by Crippen LogP contribution is -2.22. The first-order valence-corrected chi connectivity index (χ1v) is 4.35. The number of rotatable bonds is 3. The Hall–Kier alpha value is -2.25. The summed E-state index contributed by atoms with van der Waals surface area (Å²) in [5.41, 5.74) is 4.37. The summed E-state index contributed by atoms with van der Waals surface area (Å²) in [6.07, 6.45) is -0.534. The molecule has 1 rings (SSSR count). The van der Waals surface area contributed by atoms with E-state index in [1.807, 2.05) is 5.32 Å². The van der Waals surface area contributed by atoms with E-state index in [9.17, 15) is 18.0 Å². The Balaban J connectivity index is 2.85. The summed E-state index contributed by atoms with van der Waals surface area (Å²) in [5.74, 6) is -5.14. The molecule has 0 fully saturated rings. The summed E-state index contributed by atoms with van der Waals surface area (Å²) in [6, 6.07) is 0.955. The van der Waals surface area contributed by atoms with Crippen LogP contribution in [-0.4, -0.2) is 17.0 Å². The molecule has 4 N–H and O–H groups in total. The van der Waals surface area contributed by atoms with E-state index in [2.05, 4.69) is 5.16 Å². The number of carbonyl (C=O) groups is 1. The Labute approximate surface area is 93.7 Å². The number of nitrogens with zero attached hydrogens (tertiary/aromatic N) is 1. The van der Waals surface area contributed by atoms with Crippen molar-refractivity contribution >= 4 is 17.4 Å². The highest BCUT2D eigenvalue weighted by atomic mass is 19.2. The summed E-state index contributed by atoms with van der Waals surface area (Å²) in [7, 11) is 0. The van der Waals surface area contributed by atoms with Crippen molar-refractivity contribution in [3.8, 4) is 0 Å². The minimum absolute atomic E-state index is 0.342. The molecule has 0 aliphatic rings. The zero-order valence-electron chi connectivity index (χ0n) is 8.38. The quantitative estimate of drug-likeness (QED) is 0.246. The Morgan fingerprint density at radius 3 is 2.65 bits per heavy atom. The maximum absolute atomic E-state index is 13.1. The van der Waals surface area contributed by atoms with Gasteiger partial charge < -0.3 is 16.3 Å². The van der Waals surface area contributed by atoms with E-state index < -0.39 is 41.3 Å². The summed E-state index contributed by atoms with van der Waals surface area (Å²) in [5, 5.41) is 12.6. The maximum Gasteiger partial charge on any atom is 0.232 e. The number of hydrogen-bond acceptors (Lipinski definition) is 3. The van der Waals surface area contributed by atoms with Crippen LogP contribution < -0.4 is 11.1 Å². The molecule has 0 atom stereocenters. The first kappa shape index (κ1) is 12.8. The van der Waals surface area contributed by atoms with E-state index in [4.69, 9.17) is 10.9 Å². The summed E-state index contributed by atoms with van der Waals surface area (Å²) < 4.78 is 38.6. The molecule has 0 saturated carbocycles. The van der Waals surface area contributed by atoms with Gasteiger partial charge in [-0.05, 0) is 0 Å². The minimum Gasteiger partial charge on any atom is -0.409 e. The number of nitrogens with one attached hydrogen (secondary N) is 1. The molecule has 0 unspecified atom stereocenters. The molecule has 8 heteroatoms. The molecule has 0 radical (unpaired) electrons. The van der Waals surface area contributed by atoms with Crippen LogP contribution in [0, 0.1) is 17.5 Å². The molecule has 0 aliphatic carbocycles. The fourth-order valence-corrected chi connectivity index (χ4v) is 1.04. The molecule has 92 valence electrons. The maximum atomic E-state index is 13.1. The molecule has 0 heterocycles. The zero-order chi connectivity index (χ0) is 13.0. The number of oxime groups is 1. The second-order valence-corrected chi connectivity index (χ2v) is 3.07. The van der Waals surface area contributed by atoms with Crippen molar-refractivity contribution in [2.45, 2.75) is 6.42 Å². The van der Waals surface area contributed by atoms with Crippen LogP contribution in [0.25, 0.3) is 0 Å². The predicted molar refractivity (Wildman–Crippen MR) is 53.0 cm³/mol. The van der Waals surface area contributed by atoms with Crippen LogP contribution in [0.4, 0.5) is 18.9 Å². The van der Waals surface area contributed by atoms with Crippen LogP contribution in [0.15, 0.2) is 17.3 Å².